The molecule has 1 aromatic carbocycles. The third kappa shape index (κ3) is 2.66. The highest BCUT2D eigenvalue weighted by molar-refractivity contribution is 9.10. The number of aryl methyl sites for hydroxylation is 1. The Hall–Kier alpha value is -1.53. The van der Waals surface area contributed by atoms with Crippen LogP contribution in [0.4, 0.5) is 5.69 Å². The lowest BCUT2D eigenvalue weighted by Gasteiger charge is -2.20. The zero-order chi connectivity index (χ0) is 14.1. The maximum atomic E-state index is 12.2. The summed E-state index contributed by atoms with van der Waals surface area (Å²) < 4.78 is 11.8. The molecule has 0 unspecified atom stereocenters. The van der Waals surface area contributed by atoms with Crippen LogP contribution in [0.5, 0.6) is 11.5 Å². The molecule has 1 N–H and O–H groups in total. The molecule has 0 saturated heterocycles. The van der Waals surface area contributed by atoms with Crippen molar-refractivity contribution >= 4 is 38.9 Å². The number of hydrogen-bond donors (Lipinski definition) is 1. The predicted octanol–water partition coefficient (Wildman–Crippen LogP) is 3.84. The smallest absolute Gasteiger partial charge is 0.265 e. The predicted molar refractivity (Wildman–Crippen MR) is 82.1 cm³/mol. The fraction of sp³-hybridized carbons (Fsp3) is 0.214. The number of thiophene rings is 1. The molecule has 0 atom stereocenters. The molecule has 0 saturated carbocycles. The van der Waals surface area contributed by atoms with Crippen molar-refractivity contribution < 1.29 is 14.3 Å². The number of nitrogens with one attached hydrogen (secondary N) is 1. The van der Waals surface area contributed by atoms with Crippen LogP contribution in [0.25, 0.3) is 0 Å². The van der Waals surface area contributed by atoms with Crippen LogP contribution in [0.15, 0.2) is 28.7 Å². The highest BCUT2D eigenvalue weighted by atomic mass is 79.9. The number of carbonyl (C=O) groups excluding carboxylic acids is 1. The molecule has 0 fully saturated rings. The number of amides is 1. The van der Waals surface area contributed by atoms with E-state index >= 15 is 0 Å². The van der Waals surface area contributed by atoms with E-state index in [1.54, 1.807) is 6.07 Å². The molecule has 1 aliphatic heterocycles. The minimum Gasteiger partial charge on any atom is -0.486 e. The standard InChI is InChI=1S/C14H12BrNO3S/c1-8-2-3-13(20-8)14(17)16-10-7-12-11(6-9(10)15)18-4-5-19-12/h2-3,6-7H,4-5H2,1H3,(H,16,17). The zero-order valence-electron chi connectivity index (χ0n) is 10.7. The first-order valence-electron chi connectivity index (χ1n) is 6.10. The van der Waals surface area contributed by atoms with Crippen LogP contribution in [0.1, 0.15) is 14.5 Å². The Labute approximate surface area is 128 Å². The first-order valence-corrected chi connectivity index (χ1v) is 7.71. The van der Waals surface area contributed by atoms with Crippen molar-refractivity contribution in [1.29, 1.82) is 0 Å². The van der Waals surface area contributed by atoms with E-state index in [1.165, 1.54) is 11.3 Å². The van der Waals surface area contributed by atoms with Gasteiger partial charge in [0.1, 0.15) is 13.2 Å². The van der Waals surface area contributed by atoms with E-state index in [0.717, 1.165) is 9.35 Å². The summed E-state index contributed by atoms with van der Waals surface area (Å²) in [7, 11) is 0. The highest BCUT2D eigenvalue weighted by Gasteiger charge is 2.17. The number of anilines is 1. The summed E-state index contributed by atoms with van der Waals surface area (Å²) in [5.41, 5.74) is 0.672. The van der Waals surface area contributed by atoms with Gasteiger partial charge in [-0.3, -0.25) is 4.79 Å². The van der Waals surface area contributed by atoms with Gasteiger partial charge in [-0.05, 0) is 35.0 Å². The van der Waals surface area contributed by atoms with Crippen molar-refractivity contribution in [2.24, 2.45) is 0 Å². The van der Waals surface area contributed by atoms with Gasteiger partial charge in [0.2, 0.25) is 0 Å². The van der Waals surface area contributed by atoms with Crippen molar-refractivity contribution in [3.05, 3.63) is 38.5 Å². The van der Waals surface area contributed by atoms with Crippen LogP contribution in [-0.4, -0.2) is 19.1 Å². The number of hydrogen-bond acceptors (Lipinski definition) is 4. The van der Waals surface area contributed by atoms with Crippen molar-refractivity contribution in [3.8, 4) is 11.5 Å². The monoisotopic (exact) mass is 353 g/mol. The van der Waals surface area contributed by atoms with Crippen LogP contribution in [-0.2, 0) is 0 Å². The summed E-state index contributed by atoms with van der Waals surface area (Å²) in [6.07, 6.45) is 0. The molecule has 1 amide bonds. The maximum Gasteiger partial charge on any atom is 0.265 e. The number of halogens is 1. The Kier molecular flexibility index (Phi) is 3.67. The second-order valence-corrected chi connectivity index (χ2v) is 6.48. The third-order valence-electron chi connectivity index (χ3n) is 2.84. The molecule has 0 aliphatic carbocycles. The zero-order valence-corrected chi connectivity index (χ0v) is 13.1. The second-order valence-electron chi connectivity index (χ2n) is 4.34. The van der Waals surface area contributed by atoms with E-state index in [4.69, 9.17) is 9.47 Å². The molecule has 3 rings (SSSR count). The molecule has 6 heteroatoms. The van der Waals surface area contributed by atoms with E-state index < -0.39 is 0 Å². The van der Waals surface area contributed by atoms with Crippen molar-refractivity contribution in [1.82, 2.24) is 0 Å². The molecule has 0 radical (unpaired) electrons. The molecule has 1 aliphatic rings. The minimum absolute atomic E-state index is 0.125. The topological polar surface area (TPSA) is 47.6 Å². The largest absolute Gasteiger partial charge is 0.486 e. The third-order valence-corrected chi connectivity index (χ3v) is 4.50. The van der Waals surface area contributed by atoms with Gasteiger partial charge in [-0.1, -0.05) is 0 Å². The van der Waals surface area contributed by atoms with Gasteiger partial charge in [0.15, 0.2) is 11.5 Å². The van der Waals surface area contributed by atoms with Gasteiger partial charge in [-0.25, -0.2) is 0 Å². The fourth-order valence-corrected chi connectivity index (χ4v) is 3.08. The summed E-state index contributed by atoms with van der Waals surface area (Å²) >= 11 is 4.90. The van der Waals surface area contributed by atoms with Gasteiger partial charge in [-0.15, -0.1) is 11.3 Å². The summed E-state index contributed by atoms with van der Waals surface area (Å²) in [6, 6.07) is 7.33. The average Bonchev–Trinajstić information content (AvgIpc) is 2.86. The SMILES string of the molecule is Cc1ccc(C(=O)Nc2cc3c(cc2Br)OCCO3)s1. The molecule has 2 heterocycles. The lowest BCUT2D eigenvalue weighted by atomic mass is 10.2. The van der Waals surface area contributed by atoms with Gasteiger partial charge in [0.25, 0.3) is 5.91 Å². The van der Waals surface area contributed by atoms with Gasteiger partial charge < -0.3 is 14.8 Å². The molecule has 104 valence electrons. The number of ether oxygens (including phenoxy) is 2. The minimum atomic E-state index is -0.125. The van der Waals surface area contributed by atoms with Crippen molar-refractivity contribution in [2.75, 3.05) is 18.5 Å². The molecular formula is C14H12BrNO3S. The number of carbonyl (C=O) groups is 1. The van der Waals surface area contributed by atoms with Gasteiger partial charge in [-0.2, -0.15) is 0 Å². The normalized spacial score (nSPS) is 13.1. The Bertz CT molecular complexity index is 668. The average molecular weight is 354 g/mol. The van der Waals surface area contributed by atoms with E-state index in [2.05, 4.69) is 21.2 Å². The van der Waals surface area contributed by atoms with Crippen LogP contribution in [0.3, 0.4) is 0 Å². The quantitative estimate of drug-likeness (QED) is 0.891. The summed E-state index contributed by atoms with van der Waals surface area (Å²) in [5, 5.41) is 2.88. The number of fused-ring (bicyclic) bond motifs is 1. The van der Waals surface area contributed by atoms with E-state index in [-0.39, 0.29) is 5.91 Å². The lowest BCUT2D eigenvalue weighted by molar-refractivity contribution is 0.103. The first kappa shape index (κ1) is 13.5. The first-order chi connectivity index (χ1) is 9.63. The molecule has 0 bridgehead atoms. The van der Waals surface area contributed by atoms with Crippen LogP contribution < -0.4 is 14.8 Å². The molecule has 1 aromatic heterocycles. The van der Waals surface area contributed by atoms with E-state index in [9.17, 15) is 4.79 Å². The van der Waals surface area contributed by atoms with Gasteiger partial charge in [0, 0.05) is 21.5 Å². The number of benzene rings is 1. The molecule has 2 aromatic rings. The Morgan fingerprint density at radius 2 is 1.95 bits per heavy atom. The van der Waals surface area contributed by atoms with E-state index in [1.807, 2.05) is 25.1 Å². The summed E-state index contributed by atoms with van der Waals surface area (Å²) in [5.74, 6) is 1.21. The van der Waals surface area contributed by atoms with Gasteiger partial charge in [0.05, 0.1) is 10.6 Å². The molecular weight excluding hydrogens is 342 g/mol. The van der Waals surface area contributed by atoms with Crippen molar-refractivity contribution in [3.63, 3.8) is 0 Å². The molecule has 20 heavy (non-hydrogen) atoms. The summed E-state index contributed by atoms with van der Waals surface area (Å²) in [6.45, 7) is 3.03. The van der Waals surface area contributed by atoms with Crippen LogP contribution in [0, 0.1) is 6.92 Å². The summed E-state index contributed by atoms with van der Waals surface area (Å²) in [4.78, 5) is 13.9. The fourth-order valence-electron chi connectivity index (χ4n) is 1.90. The number of rotatable bonds is 2. The molecule has 4 nitrogen and oxygen atoms in total. The Morgan fingerprint density at radius 1 is 1.25 bits per heavy atom. The second kappa shape index (κ2) is 5.46. The lowest BCUT2D eigenvalue weighted by Crippen LogP contribution is -2.16. The molecule has 0 spiro atoms. The Morgan fingerprint density at radius 3 is 2.60 bits per heavy atom. The van der Waals surface area contributed by atoms with Crippen LogP contribution >= 0.6 is 27.3 Å². The van der Waals surface area contributed by atoms with Gasteiger partial charge >= 0.3 is 0 Å². The Balaban J connectivity index is 1.85. The van der Waals surface area contributed by atoms with Crippen LogP contribution in [0.2, 0.25) is 0 Å². The highest BCUT2D eigenvalue weighted by Crippen LogP contribution is 2.38. The van der Waals surface area contributed by atoms with E-state index in [0.29, 0.717) is 35.3 Å². The maximum absolute atomic E-state index is 12.2. The van der Waals surface area contributed by atoms with Crippen molar-refractivity contribution in [2.45, 2.75) is 6.92 Å².